The highest BCUT2D eigenvalue weighted by Crippen LogP contribution is 2.27. The van der Waals surface area contributed by atoms with E-state index < -0.39 is 5.97 Å². The number of rotatable bonds is 4. The van der Waals surface area contributed by atoms with E-state index >= 15 is 0 Å². The normalized spacial score (nSPS) is 10.8. The van der Waals surface area contributed by atoms with E-state index in [1.165, 1.54) is 0 Å². The van der Waals surface area contributed by atoms with E-state index in [0.717, 1.165) is 16.5 Å². The third kappa shape index (κ3) is 3.37. The number of hydrogen-bond donors (Lipinski definition) is 2. The van der Waals surface area contributed by atoms with Crippen molar-refractivity contribution < 1.29 is 14.7 Å². The number of anilines is 1. The number of benzene rings is 2. The summed E-state index contributed by atoms with van der Waals surface area (Å²) >= 11 is 5.92. The number of nitrogens with zero attached hydrogens (tertiary/aromatic N) is 1. The van der Waals surface area contributed by atoms with Gasteiger partial charge in [-0.05, 0) is 37.3 Å². The average Bonchev–Trinajstić information content (AvgIpc) is 2.79. The summed E-state index contributed by atoms with van der Waals surface area (Å²) in [6.07, 6.45) is -0.0328. The van der Waals surface area contributed by atoms with Crippen LogP contribution in [0, 0.1) is 6.92 Å². The van der Waals surface area contributed by atoms with Crippen molar-refractivity contribution in [1.82, 2.24) is 4.57 Å². The highest BCUT2D eigenvalue weighted by atomic mass is 35.5. The summed E-state index contributed by atoms with van der Waals surface area (Å²) < 4.78 is 1.61. The molecule has 0 aliphatic heterocycles. The van der Waals surface area contributed by atoms with Crippen molar-refractivity contribution in [3.8, 4) is 0 Å². The van der Waals surface area contributed by atoms with Gasteiger partial charge in [-0.15, -0.1) is 0 Å². The number of carbonyl (C=O) groups excluding carboxylic acids is 1. The Balaban J connectivity index is 1.99. The molecule has 0 aliphatic rings. The van der Waals surface area contributed by atoms with Crippen molar-refractivity contribution in [3.05, 3.63) is 64.3 Å². The third-order valence-electron chi connectivity index (χ3n) is 4.11. The molecule has 2 N–H and O–H groups in total. The van der Waals surface area contributed by atoms with Gasteiger partial charge in [0.15, 0.2) is 0 Å². The predicted molar refractivity (Wildman–Crippen MR) is 98.4 cm³/mol. The van der Waals surface area contributed by atoms with Gasteiger partial charge in [-0.2, -0.15) is 0 Å². The Bertz CT molecular complexity index is 992. The summed E-state index contributed by atoms with van der Waals surface area (Å²) in [5, 5.41) is 13.6. The highest BCUT2D eigenvalue weighted by Gasteiger charge is 2.22. The van der Waals surface area contributed by atoms with E-state index in [-0.39, 0.29) is 18.0 Å². The average molecular weight is 357 g/mol. The van der Waals surface area contributed by atoms with Crippen LogP contribution < -0.4 is 5.32 Å². The maximum absolute atomic E-state index is 12.4. The molecule has 25 heavy (non-hydrogen) atoms. The first kappa shape index (κ1) is 17.0. The molecular formula is C19H17ClN2O3. The zero-order valence-corrected chi connectivity index (χ0v) is 14.6. The van der Waals surface area contributed by atoms with Crippen LogP contribution in [0.1, 0.15) is 21.6 Å². The van der Waals surface area contributed by atoms with E-state index in [9.17, 15) is 14.7 Å². The van der Waals surface area contributed by atoms with Crippen molar-refractivity contribution in [2.75, 3.05) is 5.32 Å². The number of amides is 1. The highest BCUT2D eigenvalue weighted by molar-refractivity contribution is 6.30. The zero-order chi connectivity index (χ0) is 18.1. The quantitative estimate of drug-likeness (QED) is 0.741. The second-order valence-corrected chi connectivity index (χ2v) is 6.38. The van der Waals surface area contributed by atoms with Crippen molar-refractivity contribution in [1.29, 1.82) is 0 Å². The van der Waals surface area contributed by atoms with E-state index in [4.69, 9.17) is 11.6 Å². The number of halogens is 1. The minimum absolute atomic E-state index is 0.0328. The Morgan fingerprint density at radius 3 is 2.64 bits per heavy atom. The van der Waals surface area contributed by atoms with Gasteiger partial charge in [-0.3, -0.25) is 4.79 Å². The Morgan fingerprint density at radius 2 is 1.96 bits per heavy atom. The van der Waals surface area contributed by atoms with Crippen molar-refractivity contribution >= 4 is 40.1 Å². The minimum Gasteiger partial charge on any atom is -0.477 e. The molecular weight excluding hydrogens is 340 g/mol. The molecule has 5 nitrogen and oxygen atoms in total. The van der Waals surface area contributed by atoms with E-state index in [1.807, 2.05) is 25.1 Å². The maximum atomic E-state index is 12.4. The summed E-state index contributed by atoms with van der Waals surface area (Å²) in [5.74, 6) is -1.35. The number of carboxylic acid groups (broad SMARTS) is 1. The summed E-state index contributed by atoms with van der Waals surface area (Å²) in [6.45, 7) is 1.93. The van der Waals surface area contributed by atoms with Gasteiger partial charge in [-0.25, -0.2) is 4.79 Å². The first-order chi connectivity index (χ1) is 11.9. The SMILES string of the molecule is Cc1ccc2c(c1)c(CC(=O)Nc1cccc(Cl)c1)c(C(=O)O)n2C. The van der Waals surface area contributed by atoms with Gasteiger partial charge in [-0.1, -0.05) is 29.3 Å². The van der Waals surface area contributed by atoms with Crippen molar-refractivity contribution in [3.63, 3.8) is 0 Å². The van der Waals surface area contributed by atoms with Crippen molar-refractivity contribution in [2.45, 2.75) is 13.3 Å². The number of carboxylic acids is 1. The molecule has 3 aromatic rings. The molecule has 0 bridgehead atoms. The lowest BCUT2D eigenvalue weighted by molar-refractivity contribution is -0.115. The molecule has 6 heteroatoms. The molecule has 1 aromatic heterocycles. The fraction of sp³-hybridized carbons (Fsp3) is 0.158. The molecule has 2 aromatic carbocycles. The lowest BCUT2D eigenvalue weighted by Gasteiger charge is -2.07. The largest absolute Gasteiger partial charge is 0.477 e. The standard InChI is InChI=1S/C19H17ClN2O3/c1-11-6-7-16-14(8-11)15(18(19(24)25)22(16)2)10-17(23)21-13-5-3-4-12(20)9-13/h3-9H,10H2,1-2H3,(H,21,23)(H,24,25). The maximum Gasteiger partial charge on any atom is 0.352 e. The number of aromatic carboxylic acids is 1. The Labute approximate surface area is 149 Å². The zero-order valence-electron chi connectivity index (χ0n) is 13.8. The molecule has 0 spiro atoms. The molecule has 3 rings (SSSR count). The lowest BCUT2D eigenvalue weighted by Crippen LogP contribution is -2.17. The molecule has 128 valence electrons. The van der Waals surface area contributed by atoms with Crippen LogP contribution in [0.3, 0.4) is 0 Å². The van der Waals surface area contributed by atoms with Gasteiger partial charge in [0.1, 0.15) is 5.69 Å². The Kier molecular flexibility index (Phi) is 4.51. The van der Waals surface area contributed by atoms with Gasteiger partial charge in [0.05, 0.1) is 6.42 Å². The summed E-state index contributed by atoms with van der Waals surface area (Å²) in [4.78, 5) is 24.2. The second-order valence-electron chi connectivity index (χ2n) is 5.95. The van der Waals surface area contributed by atoms with Gasteiger partial charge >= 0.3 is 5.97 Å². The Hall–Kier alpha value is -2.79. The number of hydrogen-bond acceptors (Lipinski definition) is 2. The van der Waals surface area contributed by atoms with Crippen LogP contribution in [-0.2, 0) is 18.3 Å². The van der Waals surface area contributed by atoms with Gasteiger partial charge in [0.2, 0.25) is 5.91 Å². The summed E-state index contributed by atoms with van der Waals surface area (Å²) in [6, 6.07) is 12.5. The topological polar surface area (TPSA) is 71.3 Å². The monoisotopic (exact) mass is 356 g/mol. The molecule has 0 atom stereocenters. The van der Waals surface area contributed by atoms with E-state index in [0.29, 0.717) is 16.3 Å². The number of aryl methyl sites for hydroxylation is 2. The molecule has 0 radical (unpaired) electrons. The van der Waals surface area contributed by atoms with Crippen LogP contribution in [0.4, 0.5) is 5.69 Å². The molecule has 1 heterocycles. The predicted octanol–water partition coefficient (Wildman–Crippen LogP) is 4.02. The number of carbonyl (C=O) groups is 2. The lowest BCUT2D eigenvalue weighted by atomic mass is 10.0. The van der Waals surface area contributed by atoms with Crippen LogP contribution in [0.25, 0.3) is 10.9 Å². The van der Waals surface area contributed by atoms with Gasteiger partial charge in [0.25, 0.3) is 0 Å². The molecule has 0 saturated heterocycles. The Morgan fingerprint density at radius 1 is 1.20 bits per heavy atom. The van der Waals surface area contributed by atoms with Crippen LogP contribution in [0.5, 0.6) is 0 Å². The third-order valence-corrected chi connectivity index (χ3v) is 4.34. The van der Waals surface area contributed by atoms with Gasteiger partial charge < -0.3 is 15.0 Å². The number of fused-ring (bicyclic) bond motifs is 1. The van der Waals surface area contributed by atoms with Crippen molar-refractivity contribution in [2.24, 2.45) is 7.05 Å². The fourth-order valence-electron chi connectivity index (χ4n) is 3.02. The molecule has 0 aliphatic carbocycles. The van der Waals surface area contributed by atoms with E-state index in [2.05, 4.69) is 5.32 Å². The number of aromatic nitrogens is 1. The molecule has 0 saturated carbocycles. The smallest absolute Gasteiger partial charge is 0.352 e. The second kappa shape index (κ2) is 6.61. The minimum atomic E-state index is -1.05. The summed E-state index contributed by atoms with van der Waals surface area (Å²) in [5.41, 5.74) is 3.00. The van der Waals surface area contributed by atoms with Crippen LogP contribution in [-0.4, -0.2) is 21.6 Å². The fourth-order valence-corrected chi connectivity index (χ4v) is 3.21. The molecule has 0 fully saturated rings. The summed E-state index contributed by atoms with van der Waals surface area (Å²) in [7, 11) is 1.69. The molecule has 1 amide bonds. The first-order valence-corrected chi connectivity index (χ1v) is 8.11. The molecule has 0 unspecified atom stereocenters. The van der Waals surface area contributed by atoms with Crippen LogP contribution in [0.2, 0.25) is 5.02 Å². The van der Waals surface area contributed by atoms with Crippen LogP contribution in [0.15, 0.2) is 42.5 Å². The number of nitrogens with one attached hydrogen (secondary N) is 1. The van der Waals surface area contributed by atoms with Crippen LogP contribution >= 0.6 is 11.6 Å². The first-order valence-electron chi connectivity index (χ1n) is 7.73. The van der Waals surface area contributed by atoms with E-state index in [1.54, 1.807) is 35.9 Å². The van der Waals surface area contributed by atoms with Gasteiger partial charge in [0, 0.05) is 34.2 Å².